The first-order valence-electron chi connectivity index (χ1n) is 7.10. The number of methoxy groups -OCH3 is 1. The number of benzene rings is 1. The largest absolute Gasteiger partial charge is 0.467 e. The number of carbonyl (C=O) groups is 2. The van der Waals surface area contributed by atoms with E-state index in [4.69, 9.17) is 0 Å². The summed E-state index contributed by atoms with van der Waals surface area (Å²) in [6.45, 7) is 7.91. The maximum absolute atomic E-state index is 11.9. The van der Waals surface area contributed by atoms with Gasteiger partial charge in [0.05, 0.1) is 7.11 Å². The number of hydrogen-bond donors (Lipinski definition) is 2. The molecule has 0 aliphatic carbocycles. The summed E-state index contributed by atoms with van der Waals surface area (Å²) in [5, 5.41) is 5.34. The van der Waals surface area contributed by atoms with Gasteiger partial charge in [-0.15, -0.1) is 0 Å². The molecular weight excluding hydrogens is 268 g/mol. The Bertz CT molecular complexity index is 481. The van der Waals surface area contributed by atoms with Crippen LogP contribution in [0.25, 0.3) is 0 Å². The van der Waals surface area contributed by atoms with Gasteiger partial charge in [-0.2, -0.15) is 0 Å². The van der Waals surface area contributed by atoms with Crippen molar-refractivity contribution in [3.8, 4) is 0 Å². The van der Waals surface area contributed by atoms with Crippen molar-refractivity contribution in [3.05, 3.63) is 29.8 Å². The fourth-order valence-electron chi connectivity index (χ4n) is 1.88. The monoisotopic (exact) mass is 292 g/mol. The van der Waals surface area contributed by atoms with Crippen LogP contribution in [0.2, 0.25) is 0 Å². The zero-order valence-electron chi connectivity index (χ0n) is 13.3. The summed E-state index contributed by atoms with van der Waals surface area (Å²) in [7, 11) is 1.31. The molecule has 0 saturated carbocycles. The zero-order valence-corrected chi connectivity index (χ0v) is 13.3. The Kier molecular flexibility index (Phi) is 6.21. The smallest absolute Gasteiger partial charge is 0.328 e. The van der Waals surface area contributed by atoms with Crippen molar-refractivity contribution in [2.24, 2.45) is 5.92 Å². The minimum absolute atomic E-state index is 0.0495. The molecule has 21 heavy (non-hydrogen) atoms. The lowest BCUT2D eigenvalue weighted by Gasteiger charge is -2.20. The third kappa shape index (κ3) is 5.10. The fraction of sp³-hybridized carbons (Fsp3) is 0.500. The van der Waals surface area contributed by atoms with Gasteiger partial charge in [-0.25, -0.2) is 9.59 Å². The van der Waals surface area contributed by atoms with Crippen LogP contribution in [0.5, 0.6) is 0 Å². The molecule has 5 heteroatoms. The maximum atomic E-state index is 11.9. The molecule has 5 nitrogen and oxygen atoms in total. The van der Waals surface area contributed by atoms with E-state index in [1.165, 1.54) is 12.7 Å². The van der Waals surface area contributed by atoms with Crippen molar-refractivity contribution in [2.75, 3.05) is 12.4 Å². The molecule has 0 bridgehead atoms. The molecule has 1 aromatic carbocycles. The van der Waals surface area contributed by atoms with Crippen LogP contribution >= 0.6 is 0 Å². The zero-order chi connectivity index (χ0) is 16.0. The summed E-state index contributed by atoms with van der Waals surface area (Å²) < 4.78 is 4.69. The van der Waals surface area contributed by atoms with Crippen molar-refractivity contribution in [3.63, 3.8) is 0 Å². The van der Waals surface area contributed by atoms with Crippen molar-refractivity contribution in [2.45, 2.75) is 39.7 Å². The van der Waals surface area contributed by atoms with Gasteiger partial charge in [-0.3, -0.25) is 0 Å². The lowest BCUT2D eigenvalue weighted by molar-refractivity contribution is -0.143. The number of anilines is 1. The third-order valence-corrected chi connectivity index (χ3v) is 3.24. The van der Waals surface area contributed by atoms with E-state index in [2.05, 4.69) is 29.2 Å². The summed E-state index contributed by atoms with van der Waals surface area (Å²) in [5.41, 5.74) is 1.89. The van der Waals surface area contributed by atoms with Gasteiger partial charge in [0, 0.05) is 5.69 Å². The summed E-state index contributed by atoms with van der Waals surface area (Å²) in [5.74, 6) is -0.0562. The average molecular weight is 292 g/mol. The van der Waals surface area contributed by atoms with Crippen LogP contribution in [0.4, 0.5) is 10.5 Å². The second-order valence-electron chi connectivity index (χ2n) is 5.62. The van der Waals surface area contributed by atoms with Gasteiger partial charge in [0.15, 0.2) is 0 Å². The fourth-order valence-corrected chi connectivity index (χ4v) is 1.88. The van der Waals surface area contributed by atoms with E-state index in [-0.39, 0.29) is 5.92 Å². The summed E-state index contributed by atoms with van der Waals surface area (Å²) >= 11 is 0. The molecule has 0 unspecified atom stereocenters. The van der Waals surface area contributed by atoms with Crippen LogP contribution in [0.3, 0.4) is 0 Å². The summed E-state index contributed by atoms with van der Waals surface area (Å²) in [4.78, 5) is 23.5. The molecule has 0 aromatic heterocycles. The molecule has 116 valence electrons. The predicted molar refractivity (Wildman–Crippen MR) is 83.3 cm³/mol. The number of nitrogens with one attached hydrogen (secondary N) is 2. The van der Waals surface area contributed by atoms with Gasteiger partial charge < -0.3 is 15.4 Å². The van der Waals surface area contributed by atoms with Crippen molar-refractivity contribution < 1.29 is 14.3 Å². The van der Waals surface area contributed by atoms with Crippen molar-refractivity contribution in [1.82, 2.24) is 5.32 Å². The summed E-state index contributed by atoms with van der Waals surface area (Å²) in [6.07, 6.45) is 0. The minimum Gasteiger partial charge on any atom is -0.467 e. The SMILES string of the molecule is COC(=O)[C@@H](NC(=O)Nc1ccc(C(C)C)cc1)C(C)C. The van der Waals surface area contributed by atoms with E-state index in [0.717, 1.165) is 0 Å². The Morgan fingerprint density at radius 1 is 1.05 bits per heavy atom. The van der Waals surface area contributed by atoms with Crippen LogP contribution < -0.4 is 10.6 Å². The van der Waals surface area contributed by atoms with E-state index in [9.17, 15) is 9.59 Å². The van der Waals surface area contributed by atoms with Gasteiger partial charge in [0.25, 0.3) is 0 Å². The van der Waals surface area contributed by atoms with Gasteiger partial charge in [0.1, 0.15) is 6.04 Å². The molecule has 1 aromatic rings. The molecule has 0 spiro atoms. The first kappa shape index (κ1) is 17.0. The van der Waals surface area contributed by atoms with Crippen LogP contribution in [0, 0.1) is 5.92 Å². The molecule has 2 amide bonds. The van der Waals surface area contributed by atoms with Crippen molar-refractivity contribution in [1.29, 1.82) is 0 Å². The normalized spacial score (nSPS) is 12.1. The minimum atomic E-state index is -0.662. The second kappa shape index (κ2) is 7.67. The number of carbonyl (C=O) groups excluding carboxylic acids is 2. The Morgan fingerprint density at radius 2 is 1.62 bits per heavy atom. The number of esters is 1. The van der Waals surface area contributed by atoms with E-state index in [1.54, 1.807) is 0 Å². The Hall–Kier alpha value is -2.04. The Balaban J connectivity index is 2.65. The molecule has 0 saturated heterocycles. The highest BCUT2D eigenvalue weighted by Gasteiger charge is 2.24. The van der Waals surface area contributed by atoms with Gasteiger partial charge in [-0.05, 0) is 29.5 Å². The maximum Gasteiger partial charge on any atom is 0.328 e. The molecule has 0 fully saturated rings. The van der Waals surface area contributed by atoms with E-state index in [0.29, 0.717) is 11.6 Å². The second-order valence-corrected chi connectivity index (χ2v) is 5.62. The van der Waals surface area contributed by atoms with Crippen molar-refractivity contribution >= 4 is 17.7 Å². The number of rotatable bonds is 5. The predicted octanol–water partition coefficient (Wildman–Crippen LogP) is 3.13. The molecular formula is C16H24N2O3. The Morgan fingerprint density at radius 3 is 2.05 bits per heavy atom. The van der Waals surface area contributed by atoms with Gasteiger partial charge in [0.2, 0.25) is 0 Å². The average Bonchev–Trinajstić information content (AvgIpc) is 2.44. The first-order valence-corrected chi connectivity index (χ1v) is 7.10. The number of ether oxygens (including phenoxy) is 1. The molecule has 1 atom stereocenters. The highest BCUT2D eigenvalue weighted by molar-refractivity contribution is 5.92. The molecule has 0 heterocycles. The van der Waals surface area contributed by atoms with Gasteiger partial charge in [-0.1, -0.05) is 39.8 Å². The Labute approximate surface area is 126 Å². The van der Waals surface area contributed by atoms with Crippen LogP contribution in [-0.2, 0) is 9.53 Å². The van der Waals surface area contributed by atoms with Crippen LogP contribution in [-0.4, -0.2) is 25.2 Å². The van der Waals surface area contributed by atoms with Gasteiger partial charge >= 0.3 is 12.0 Å². The number of hydrogen-bond acceptors (Lipinski definition) is 3. The van der Waals surface area contributed by atoms with Crippen LogP contribution in [0.15, 0.2) is 24.3 Å². The third-order valence-electron chi connectivity index (χ3n) is 3.24. The van der Waals surface area contributed by atoms with E-state index >= 15 is 0 Å². The lowest BCUT2D eigenvalue weighted by Crippen LogP contribution is -2.46. The van der Waals surface area contributed by atoms with Crippen LogP contribution in [0.1, 0.15) is 39.2 Å². The summed E-state index contributed by atoms with van der Waals surface area (Å²) in [6, 6.07) is 6.55. The molecule has 2 N–H and O–H groups in total. The molecule has 1 rings (SSSR count). The number of amides is 2. The number of urea groups is 1. The standard InChI is InChI=1S/C16H24N2O3/c1-10(2)12-6-8-13(9-7-12)17-16(20)18-14(11(3)4)15(19)21-5/h6-11,14H,1-5H3,(H2,17,18,20)/t14-/m0/s1. The lowest BCUT2D eigenvalue weighted by atomic mass is 10.0. The molecule has 0 aliphatic heterocycles. The molecule has 0 radical (unpaired) electrons. The van der Waals surface area contributed by atoms with E-state index in [1.807, 2.05) is 38.1 Å². The molecule has 0 aliphatic rings. The topological polar surface area (TPSA) is 67.4 Å². The quantitative estimate of drug-likeness (QED) is 0.819. The first-order chi connectivity index (χ1) is 9.85. The highest BCUT2D eigenvalue weighted by Crippen LogP contribution is 2.17. The highest BCUT2D eigenvalue weighted by atomic mass is 16.5. The van der Waals surface area contributed by atoms with E-state index < -0.39 is 18.0 Å².